The Kier molecular flexibility index (Phi) is 5.66. The molecule has 2 unspecified atom stereocenters. The van der Waals surface area contributed by atoms with Gasteiger partial charge in [-0.25, -0.2) is 0 Å². The van der Waals surface area contributed by atoms with E-state index in [0.717, 1.165) is 0 Å². The van der Waals surface area contributed by atoms with E-state index >= 15 is 0 Å². The van der Waals surface area contributed by atoms with Crippen LogP contribution in [0, 0.1) is 0 Å². The molecule has 0 saturated carbocycles. The van der Waals surface area contributed by atoms with Crippen LogP contribution in [-0.2, 0) is 31.5 Å². The fourth-order valence-electron chi connectivity index (χ4n) is 6.63. The van der Waals surface area contributed by atoms with Gasteiger partial charge in [-0.3, -0.25) is 0 Å². The van der Waals surface area contributed by atoms with Crippen molar-refractivity contribution in [2.45, 2.75) is 16.5 Å². The van der Waals surface area contributed by atoms with E-state index in [1.54, 1.807) is 22.5 Å². The van der Waals surface area contributed by atoms with Crippen LogP contribution >= 0.6 is 24.8 Å². The second kappa shape index (κ2) is 7.60. The van der Waals surface area contributed by atoms with Gasteiger partial charge in [0.1, 0.15) is 0 Å². The molecule has 0 aliphatic heterocycles. The Bertz CT molecular complexity index is 1320. The van der Waals surface area contributed by atoms with E-state index in [4.69, 9.17) is 0 Å². The second-order valence-corrected chi connectivity index (χ2v) is 40.9. The number of benzene rings is 2. The summed E-state index contributed by atoms with van der Waals surface area (Å²) in [6, 6.07) is 23.0. The van der Waals surface area contributed by atoms with Crippen LogP contribution in [-0.4, -0.2) is 16.0 Å². The Balaban J connectivity index is 0.00000122. The number of nitrogens with zero attached hydrogens (tertiary/aromatic N) is 2. The van der Waals surface area contributed by atoms with Crippen LogP contribution in [0.3, 0.4) is 0 Å². The average Bonchev–Trinajstić information content (AvgIpc) is 3.43. The van der Waals surface area contributed by atoms with Crippen LogP contribution in [0.25, 0.3) is 22.3 Å². The molecule has 6 heteroatoms. The molecule has 166 valence electrons. The molecule has 0 saturated heterocycles. The van der Waals surface area contributed by atoms with Crippen molar-refractivity contribution < 1.29 is 17.4 Å². The summed E-state index contributed by atoms with van der Waals surface area (Å²) in [5, 5.41) is 0. The molecule has 2 atom stereocenters. The Hall–Kier alpha value is -1.32. The Morgan fingerprint density at radius 1 is 0.625 bits per heavy atom. The van der Waals surface area contributed by atoms with Gasteiger partial charge in [-0.1, -0.05) is 0 Å². The number of fused-ring (bicyclic) bond motifs is 6. The molecule has 2 aromatic carbocycles. The first-order chi connectivity index (χ1) is 14.3. The normalized spacial score (nSPS) is 18.2. The molecule has 2 nitrogen and oxygen atoms in total. The molecular weight excluding hydrogens is 531 g/mol. The summed E-state index contributed by atoms with van der Waals surface area (Å²) in [5.74, 6) is 0. The monoisotopic (exact) mass is 558 g/mol. The maximum absolute atomic E-state index is 3.51. The molecular formula is C26H30Cl2N2SiZr. The van der Waals surface area contributed by atoms with Crippen LogP contribution in [0.2, 0.25) is 9.26 Å². The zero-order valence-electron chi connectivity index (χ0n) is 19.0. The van der Waals surface area contributed by atoms with Crippen molar-refractivity contribution in [3.8, 4) is 22.3 Å². The van der Waals surface area contributed by atoms with E-state index in [-0.39, 0.29) is 24.8 Å². The van der Waals surface area contributed by atoms with Gasteiger partial charge in [0.05, 0.1) is 0 Å². The third-order valence-electron chi connectivity index (χ3n) is 7.81. The van der Waals surface area contributed by atoms with Crippen molar-refractivity contribution >= 4 is 31.7 Å². The summed E-state index contributed by atoms with van der Waals surface area (Å²) in [6.45, 7) is 2.42. The number of hydrogen-bond donors (Lipinski definition) is 0. The molecule has 2 aromatic heterocycles. The molecule has 0 fully saturated rings. The predicted molar refractivity (Wildman–Crippen MR) is 140 cm³/mol. The Morgan fingerprint density at radius 3 is 1.41 bits per heavy atom. The number of aryl methyl sites for hydroxylation is 2. The summed E-state index contributed by atoms with van der Waals surface area (Å²) in [5.41, 5.74) is 12.0. The summed E-state index contributed by atoms with van der Waals surface area (Å²) < 4.78 is 11.3. The molecule has 2 aliphatic carbocycles. The average molecular weight is 561 g/mol. The summed E-state index contributed by atoms with van der Waals surface area (Å²) in [6.07, 6.45) is 4.52. The molecule has 0 radical (unpaired) electrons. The molecule has 0 N–H and O–H groups in total. The van der Waals surface area contributed by atoms with Crippen LogP contribution in [0.4, 0.5) is 0 Å². The van der Waals surface area contributed by atoms with Crippen molar-refractivity contribution in [3.05, 3.63) is 95.6 Å². The van der Waals surface area contributed by atoms with Crippen molar-refractivity contribution in [1.29, 1.82) is 0 Å². The minimum absolute atomic E-state index is 0. The van der Waals surface area contributed by atoms with Crippen molar-refractivity contribution in [2.24, 2.45) is 14.1 Å². The zero-order valence-corrected chi connectivity index (χ0v) is 24.5. The molecule has 4 aromatic rings. The zero-order chi connectivity index (χ0) is 20.9. The van der Waals surface area contributed by atoms with Crippen LogP contribution in [0.1, 0.15) is 29.8 Å². The molecule has 0 bridgehead atoms. The number of rotatable bonds is 2. The third kappa shape index (κ3) is 2.92. The quantitative estimate of drug-likeness (QED) is 0.252. The van der Waals surface area contributed by atoms with Gasteiger partial charge >= 0.3 is 182 Å². The van der Waals surface area contributed by atoms with E-state index in [1.807, 2.05) is 0 Å². The van der Waals surface area contributed by atoms with Crippen molar-refractivity contribution in [1.82, 2.24) is 9.13 Å². The van der Waals surface area contributed by atoms with Gasteiger partial charge in [-0.2, -0.15) is 0 Å². The van der Waals surface area contributed by atoms with E-state index in [1.165, 1.54) is 22.3 Å². The van der Waals surface area contributed by atoms with Gasteiger partial charge in [0, 0.05) is 0 Å². The third-order valence-corrected chi connectivity index (χ3v) is 24.8. The first-order valence-electron chi connectivity index (χ1n) is 10.8. The van der Waals surface area contributed by atoms with E-state index in [2.05, 4.69) is 112 Å². The summed E-state index contributed by atoms with van der Waals surface area (Å²) >= 11 is -3.51. The first-order valence-corrected chi connectivity index (χ1v) is 24.5. The van der Waals surface area contributed by atoms with Crippen molar-refractivity contribution in [2.75, 3.05) is 0 Å². The van der Waals surface area contributed by atoms with Gasteiger partial charge in [-0.15, -0.1) is 24.8 Å². The number of aromatic nitrogens is 2. The molecule has 2 heterocycles. The fourth-order valence-corrected chi connectivity index (χ4v) is 24.8. The molecule has 2 aliphatic rings. The second-order valence-electron chi connectivity index (χ2n) is 10.4. The van der Waals surface area contributed by atoms with Crippen LogP contribution < -0.4 is 0 Å². The van der Waals surface area contributed by atoms with Crippen LogP contribution in [0.5, 0.6) is 0 Å². The standard InChI is InChI=1S/2C12H10N.2CH3.2ClH.H2Si.Zr/c2*1-13-7-6-11-10-5-3-2-4-9(10)8-12(11)13;;;;;;/h2*2-8H,1H3;2*1H3;2*1H;1H2;. The summed E-state index contributed by atoms with van der Waals surface area (Å²) in [4.78, 5) is 0. The topological polar surface area (TPSA) is 9.86 Å². The van der Waals surface area contributed by atoms with Gasteiger partial charge < -0.3 is 0 Å². The first kappa shape index (κ1) is 23.8. The molecule has 0 spiro atoms. The molecule has 32 heavy (non-hydrogen) atoms. The van der Waals surface area contributed by atoms with Crippen molar-refractivity contribution in [3.63, 3.8) is 0 Å². The van der Waals surface area contributed by atoms with Gasteiger partial charge in [0.15, 0.2) is 0 Å². The van der Waals surface area contributed by atoms with Crippen LogP contribution in [0.15, 0.2) is 73.1 Å². The van der Waals surface area contributed by atoms with E-state index in [9.17, 15) is 0 Å². The van der Waals surface area contributed by atoms with Gasteiger partial charge in [0.2, 0.25) is 0 Å². The SMILES string of the molecule is Cl.Cl.Cn1ccc2c1[CH]([Zr]([CH3])([CH3])(=[SiH2])[CH]1c3ccccc3-c3ccn(C)c31)c1ccccc1-2. The minimum atomic E-state index is -3.51. The molecule has 0 amide bonds. The Morgan fingerprint density at radius 2 is 1.00 bits per heavy atom. The predicted octanol–water partition coefficient (Wildman–Crippen LogP) is 6.38. The van der Waals surface area contributed by atoms with Gasteiger partial charge in [0.25, 0.3) is 0 Å². The maximum atomic E-state index is 2.72. The fraction of sp³-hybridized carbons (Fsp3) is 0.231. The summed E-state index contributed by atoms with van der Waals surface area (Å²) in [7, 11) is 4.48. The molecule has 6 rings (SSSR count). The van der Waals surface area contributed by atoms with Gasteiger partial charge in [-0.05, 0) is 0 Å². The van der Waals surface area contributed by atoms with E-state index in [0.29, 0.717) is 7.25 Å². The number of halogens is 2. The number of hydrogen-bond acceptors (Lipinski definition) is 0. The van der Waals surface area contributed by atoms with E-state index < -0.39 is 17.4 Å². The Labute approximate surface area is 205 Å².